The molecule has 1 aromatic heterocycles. The van der Waals surface area contributed by atoms with Gasteiger partial charge in [0.2, 0.25) is 0 Å². The summed E-state index contributed by atoms with van der Waals surface area (Å²) in [6, 6.07) is 7.90. The number of carbonyl (C=O) groups is 1. The molecule has 0 radical (unpaired) electrons. The van der Waals surface area contributed by atoms with E-state index in [0.717, 1.165) is 35.7 Å². The first-order valence-corrected chi connectivity index (χ1v) is 6.83. The Morgan fingerprint density at radius 3 is 2.67 bits per heavy atom. The van der Waals surface area contributed by atoms with Crippen LogP contribution < -0.4 is 15.4 Å². The van der Waals surface area contributed by atoms with Crippen LogP contribution in [0.5, 0.6) is 5.75 Å². The first kappa shape index (κ1) is 13.5. The number of hydrogen-bond donors (Lipinski definition) is 1. The summed E-state index contributed by atoms with van der Waals surface area (Å²) >= 11 is 0. The van der Waals surface area contributed by atoms with Gasteiger partial charge in [0.1, 0.15) is 5.75 Å². The smallest absolute Gasteiger partial charge is 0.269 e. The number of aromatic nitrogens is 2. The maximum atomic E-state index is 11.5. The first-order valence-electron chi connectivity index (χ1n) is 6.83. The quantitative estimate of drug-likeness (QED) is 0.916. The van der Waals surface area contributed by atoms with Crippen molar-refractivity contribution in [1.29, 1.82) is 0 Å². The molecule has 1 aromatic carbocycles. The van der Waals surface area contributed by atoms with E-state index in [2.05, 4.69) is 10.00 Å². The third-order valence-corrected chi connectivity index (χ3v) is 3.91. The monoisotopic (exact) mass is 286 g/mol. The van der Waals surface area contributed by atoms with Gasteiger partial charge in [-0.15, -0.1) is 0 Å². The standard InChI is InChI=1S/C15H18N4O2/c1-18-13-7-8-19(9-12(13)14(17-18)15(16)20)10-3-5-11(21-2)6-4-10/h3-6H,7-9H2,1-2H3,(H2,16,20). The Balaban J connectivity index is 1.91. The normalized spacial score (nSPS) is 13.9. The number of primary amides is 1. The molecule has 6 nitrogen and oxygen atoms in total. The molecule has 3 rings (SSSR count). The highest BCUT2D eigenvalue weighted by atomic mass is 16.5. The summed E-state index contributed by atoms with van der Waals surface area (Å²) in [5.41, 5.74) is 8.93. The third-order valence-electron chi connectivity index (χ3n) is 3.91. The van der Waals surface area contributed by atoms with Crippen LogP contribution in [0.25, 0.3) is 0 Å². The molecule has 1 amide bonds. The Labute approximate surface area is 123 Å². The zero-order valence-electron chi connectivity index (χ0n) is 12.2. The molecule has 2 aromatic rings. The summed E-state index contributed by atoms with van der Waals surface area (Å²) in [5.74, 6) is 0.360. The molecule has 0 bridgehead atoms. The second kappa shape index (κ2) is 5.12. The molecule has 2 N–H and O–H groups in total. The lowest BCUT2D eigenvalue weighted by atomic mass is 10.0. The fourth-order valence-corrected chi connectivity index (χ4v) is 2.80. The summed E-state index contributed by atoms with van der Waals surface area (Å²) < 4.78 is 6.94. The maximum absolute atomic E-state index is 11.5. The first-order chi connectivity index (χ1) is 10.1. The van der Waals surface area contributed by atoms with Crippen molar-refractivity contribution in [1.82, 2.24) is 9.78 Å². The minimum Gasteiger partial charge on any atom is -0.497 e. The topological polar surface area (TPSA) is 73.4 Å². The van der Waals surface area contributed by atoms with E-state index in [4.69, 9.17) is 10.5 Å². The highest BCUT2D eigenvalue weighted by Gasteiger charge is 2.26. The SMILES string of the molecule is COc1ccc(N2CCc3c(c(C(N)=O)nn3C)C2)cc1. The van der Waals surface area contributed by atoms with Gasteiger partial charge in [-0.2, -0.15) is 5.10 Å². The van der Waals surface area contributed by atoms with E-state index in [-0.39, 0.29) is 0 Å². The number of anilines is 1. The van der Waals surface area contributed by atoms with Crippen molar-refractivity contribution in [3.63, 3.8) is 0 Å². The number of carbonyl (C=O) groups excluding carboxylic acids is 1. The summed E-state index contributed by atoms with van der Waals surface area (Å²) in [7, 11) is 3.51. The van der Waals surface area contributed by atoms with Crippen molar-refractivity contribution in [2.75, 3.05) is 18.6 Å². The van der Waals surface area contributed by atoms with Gasteiger partial charge in [0, 0.05) is 43.5 Å². The fourth-order valence-electron chi connectivity index (χ4n) is 2.80. The molecule has 0 aliphatic carbocycles. The van der Waals surface area contributed by atoms with Crippen molar-refractivity contribution >= 4 is 11.6 Å². The van der Waals surface area contributed by atoms with Gasteiger partial charge in [-0.05, 0) is 24.3 Å². The minimum absolute atomic E-state index is 0.380. The Kier molecular flexibility index (Phi) is 3.29. The highest BCUT2D eigenvalue weighted by molar-refractivity contribution is 5.92. The number of benzene rings is 1. The Hall–Kier alpha value is -2.50. The molecular formula is C15H18N4O2. The average Bonchev–Trinajstić information content (AvgIpc) is 2.84. The van der Waals surface area contributed by atoms with E-state index in [0.29, 0.717) is 12.2 Å². The maximum Gasteiger partial charge on any atom is 0.269 e. The molecule has 110 valence electrons. The molecule has 0 saturated carbocycles. The second-order valence-electron chi connectivity index (χ2n) is 5.13. The zero-order valence-corrected chi connectivity index (χ0v) is 12.2. The number of nitrogens with two attached hydrogens (primary N) is 1. The van der Waals surface area contributed by atoms with Crippen LogP contribution in [0.3, 0.4) is 0 Å². The van der Waals surface area contributed by atoms with E-state index in [1.807, 2.05) is 31.3 Å². The fraction of sp³-hybridized carbons (Fsp3) is 0.333. The van der Waals surface area contributed by atoms with Gasteiger partial charge in [0.25, 0.3) is 5.91 Å². The van der Waals surface area contributed by atoms with Gasteiger partial charge in [0.05, 0.1) is 7.11 Å². The van der Waals surface area contributed by atoms with Gasteiger partial charge in [-0.25, -0.2) is 0 Å². The predicted molar refractivity (Wildman–Crippen MR) is 79.5 cm³/mol. The molecule has 1 aliphatic heterocycles. The average molecular weight is 286 g/mol. The number of ether oxygens (including phenoxy) is 1. The van der Waals surface area contributed by atoms with Crippen molar-refractivity contribution in [3.05, 3.63) is 41.2 Å². The van der Waals surface area contributed by atoms with Crippen LogP contribution in [0.1, 0.15) is 21.7 Å². The molecule has 0 saturated heterocycles. The van der Waals surface area contributed by atoms with Crippen molar-refractivity contribution in [3.8, 4) is 5.75 Å². The van der Waals surface area contributed by atoms with Crippen LogP contribution in [0.15, 0.2) is 24.3 Å². The molecule has 1 aliphatic rings. The van der Waals surface area contributed by atoms with Crippen molar-refractivity contribution < 1.29 is 9.53 Å². The lowest BCUT2D eigenvalue weighted by Crippen LogP contribution is -2.31. The third kappa shape index (κ3) is 2.33. The zero-order chi connectivity index (χ0) is 15.0. The number of methoxy groups -OCH3 is 1. The highest BCUT2D eigenvalue weighted by Crippen LogP contribution is 2.27. The Morgan fingerprint density at radius 2 is 2.05 bits per heavy atom. The molecule has 2 heterocycles. The molecule has 21 heavy (non-hydrogen) atoms. The van der Waals surface area contributed by atoms with Crippen LogP contribution in [-0.2, 0) is 20.0 Å². The number of nitrogens with zero attached hydrogens (tertiary/aromatic N) is 3. The Bertz CT molecular complexity index is 676. The molecule has 6 heteroatoms. The van der Waals surface area contributed by atoms with E-state index in [1.54, 1.807) is 11.8 Å². The van der Waals surface area contributed by atoms with Crippen LogP contribution in [0.2, 0.25) is 0 Å². The second-order valence-corrected chi connectivity index (χ2v) is 5.13. The summed E-state index contributed by atoms with van der Waals surface area (Å²) in [4.78, 5) is 13.7. The van der Waals surface area contributed by atoms with E-state index in [1.165, 1.54) is 0 Å². The molecule has 0 spiro atoms. The summed E-state index contributed by atoms with van der Waals surface area (Å²) in [5, 5.41) is 4.24. The van der Waals surface area contributed by atoms with Gasteiger partial charge in [-0.1, -0.05) is 0 Å². The van der Waals surface area contributed by atoms with Crippen LogP contribution in [0, 0.1) is 0 Å². The van der Waals surface area contributed by atoms with Crippen molar-refractivity contribution in [2.24, 2.45) is 12.8 Å². The number of aryl methyl sites for hydroxylation is 1. The molecular weight excluding hydrogens is 268 g/mol. The van der Waals surface area contributed by atoms with Crippen LogP contribution in [-0.4, -0.2) is 29.3 Å². The number of fused-ring (bicyclic) bond motifs is 1. The van der Waals surface area contributed by atoms with E-state index < -0.39 is 5.91 Å². The van der Waals surface area contributed by atoms with E-state index in [9.17, 15) is 4.79 Å². The van der Waals surface area contributed by atoms with E-state index >= 15 is 0 Å². The van der Waals surface area contributed by atoms with Crippen LogP contribution >= 0.6 is 0 Å². The lowest BCUT2D eigenvalue weighted by Gasteiger charge is -2.29. The predicted octanol–water partition coefficient (Wildman–Crippen LogP) is 1.09. The van der Waals surface area contributed by atoms with Gasteiger partial charge < -0.3 is 15.4 Å². The lowest BCUT2D eigenvalue weighted by molar-refractivity contribution is 0.0994. The molecule has 0 fully saturated rings. The number of amides is 1. The molecule has 0 unspecified atom stereocenters. The summed E-state index contributed by atoms with van der Waals surface area (Å²) in [6.45, 7) is 1.53. The summed E-state index contributed by atoms with van der Waals surface area (Å²) in [6.07, 6.45) is 0.845. The van der Waals surface area contributed by atoms with Crippen LogP contribution in [0.4, 0.5) is 5.69 Å². The largest absolute Gasteiger partial charge is 0.497 e. The number of rotatable bonds is 3. The van der Waals surface area contributed by atoms with Gasteiger partial charge in [-0.3, -0.25) is 9.48 Å². The number of hydrogen-bond acceptors (Lipinski definition) is 4. The van der Waals surface area contributed by atoms with Crippen molar-refractivity contribution in [2.45, 2.75) is 13.0 Å². The minimum atomic E-state index is -0.469. The van der Waals surface area contributed by atoms with Gasteiger partial charge in [0.15, 0.2) is 5.69 Å². The van der Waals surface area contributed by atoms with Gasteiger partial charge >= 0.3 is 0 Å². The Morgan fingerprint density at radius 1 is 1.33 bits per heavy atom. The molecule has 0 atom stereocenters.